The fourth-order valence-corrected chi connectivity index (χ4v) is 7.51. The molecule has 30 heavy (non-hydrogen) atoms. The SMILES string of the molecule is O=[N+]([O-])c1ccccc1C[N+]12CCC(CC1)[C@@H](C(O)(c1cccs1)c1cccs1)C2. The average Bonchev–Trinajstić information content (AvgIpc) is 3.49. The smallest absolute Gasteiger partial charge is 0.278 e. The first-order valence-electron chi connectivity index (χ1n) is 10.4. The summed E-state index contributed by atoms with van der Waals surface area (Å²) in [4.78, 5) is 13.3. The van der Waals surface area contributed by atoms with E-state index in [0.29, 0.717) is 12.5 Å². The summed E-state index contributed by atoms with van der Waals surface area (Å²) in [6, 6.07) is 15.3. The van der Waals surface area contributed by atoms with E-state index in [4.69, 9.17) is 0 Å². The number of hydrogen-bond donors (Lipinski definition) is 1. The van der Waals surface area contributed by atoms with Crippen LogP contribution in [0.1, 0.15) is 28.2 Å². The van der Waals surface area contributed by atoms with E-state index in [-0.39, 0.29) is 16.5 Å². The molecule has 6 rings (SSSR count). The predicted molar refractivity (Wildman–Crippen MR) is 120 cm³/mol. The summed E-state index contributed by atoms with van der Waals surface area (Å²) < 4.78 is 0.824. The lowest BCUT2D eigenvalue weighted by Gasteiger charge is -2.56. The number of thiophene rings is 2. The van der Waals surface area contributed by atoms with Crippen molar-refractivity contribution in [2.45, 2.75) is 25.0 Å². The number of nitro benzene ring substituents is 1. The van der Waals surface area contributed by atoms with Crippen molar-refractivity contribution in [3.05, 3.63) is 84.7 Å². The van der Waals surface area contributed by atoms with Gasteiger partial charge in [0.15, 0.2) is 0 Å². The maximum Gasteiger partial charge on any atom is 0.278 e. The Balaban J connectivity index is 1.52. The van der Waals surface area contributed by atoms with Gasteiger partial charge in [0.1, 0.15) is 12.1 Å². The summed E-state index contributed by atoms with van der Waals surface area (Å²) in [5.74, 6) is 0.588. The molecular weight excluding hydrogens is 416 g/mol. The zero-order chi connectivity index (χ0) is 20.8. The van der Waals surface area contributed by atoms with Crippen molar-refractivity contribution in [1.82, 2.24) is 0 Å². The Labute approximate surface area is 184 Å². The Bertz CT molecular complexity index is 990. The molecule has 3 aliphatic rings. The summed E-state index contributed by atoms with van der Waals surface area (Å²) >= 11 is 3.24. The van der Waals surface area contributed by atoms with Gasteiger partial charge in [-0.05, 0) is 34.9 Å². The molecule has 0 aliphatic carbocycles. The lowest BCUT2D eigenvalue weighted by Crippen LogP contribution is -2.64. The first-order chi connectivity index (χ1) is 14.5. The van der Waals surface area contributed by atoms with Crippen LogP contribution in [-0.4, -0.2) is 34.1 Å². The van der Waals surface area contributed by atoms with Crippen molar-refractivity contribution in [3.63, 3.8) is 0 Å². The molecule has 0 saturated carbocycles. The third kappa shape index (κ3) is 3.21. The summed E-state index contributed by atoms with van der Waals surface area (Å²) in [5, 5.41) is 27.8. The van der Waals surface area contributed by atoms with Crippen LogP contribution in [0.2, 0.25) is 0 Å². The van der Waals surface area contributed by atoms with Gasteiger partial charge in [-0.25, -0.2) is 0 Å². The Morgan fingerprint density at radius 2 is 1.67 bits per heavy atom. The van der Waals surface area contributed by atoms with Gasteiger partial charge in [0.25, 0.3) is 5.69 Å². The topological polar surface area (TPSA) is 63.4 Å². The lowest BCUT2D eigenvalue weighted by molar-refractivity contribution is -0.960. The van der Waals surface area contributed by atoms with E-state index in [0.717, 1.165) is 52.3 Å². The second-order valence-corrected chi connectivity index (χ2v) is 10.6. The van der Waals surface area contributed by atoms with Gasteiger partial charge in [-0.1, -0.05) is 24.3 Å². The number of rotatable bonds is 6. The van der Waals surface area contributed by atoms with Crippen LogP contribution in [0.3, 0.4) is 0 Å². The molecule has 1 atom stereocenters. The zero-order valence-electron chi connectivity index (χ0n) is 16.6. The molecule has 1 aromatic carbocycles. The second-order valence-electron chi connectivity index (χ2n) is 8.68. The van der Waals surface area contributed by atoms with Gasteiger partial charge in [-0.15, -0.1) is 22.7 Å². The highest BCUT2D eigenvalue weighted by Gasteiger charge is 2.56. The number of aliphatic hydroxyl groups is 1. The van der Waals surface area contributed by atoms with Gasteiger partial charge in [-0.3, -0.25) is 10.1 Å². The highest BCUT2D eigenvalue weighted by molar-refractivity contribution is 7.11. The fraction of sp³-hybridized carbons (Fsp3) is 0.391. The molecule has 0 unspecified atom stereocenters. The van der Waals surface area contributed by atoms with Crippen molar-refractivity contribution < 1.29 is 14.5 Å². The number of benzene rings is 1. The maximum atomic E-state index is 12.2. The molecule has 0 radical (unpaired) electrons. The normalized spacial score (nSPS) is 26.0. The number of quaternary nitrogens is 1. The lowest BCUT2D eigenvalue weighted by atomic mass is 9.67. The molecule has 5 heterocycles. The molecule has 2 bridgehead atoms. The van der Waals surface area contributed by atoms with Crippen LogP contribution >= 0.6 is 22.7 Å². The van der Waals surface area contributed by atoms with E-state index in [2.05, 4.69) is 0 Å². The number of nitrogens with zero attached hydrogens (tertiary/aromatic N) is 2. The number of nitro groups is 1. The van der Waals surface area contributed by atoms with Crippen LogP contribution < -0.4 is 0 Å². The maximum absolute atomic E-state index is 12.2. The molecular formula is C23H25N2O3S2+. The van der Waals surface area contributed by atoms with Gasteiger partial charge < -0.3 is 9.59 Å². The van der Waals surface area contributed by atoms with Crippen molar-refractivity contribution in [2.75, 3.05) is 19.6 Å². The molecule has 0 spiro atoms. The molecule has 2 aromatic heterocycles. The van der Waals surface area contributed by atoms with Gasteiger partial charge in [0, 0.05) is 28.7 Å². The van der Waals surface area contributed by atoms with Gasteiger partial charge in [0.2, 0.25) is 0 Å². The van der Waals surface area contributed by atoms with E-state index in [1.165, 1.54) is 0 Å². The summed E-state index contributed by atoms with van der Waals surface area (Å²) in [6.07, 6.45) is 2.12. The Hall–Kier alpha value is -2.06. The number of hydrogen-bond acceptors (Lipinski definition) is 5. The number of fused-ring (bicyclic) bond motifs is 3. The Morgan fingerprint density at radius 3 is 2.23 bits per heavy atom. The van der Waals surface area contributed by atoms with E-state index < -0.39 is 5.60 Å². The Kier molecular flexibility index (Phi) is 5.01. The minimum absolute atomic E-state index is 0.111. The first kappa shape index (κ1) is 19.9. The highest BCUT2D eigenvalue weighted by Crippen LogP contribution is 2.51. The fourth-order valence-electron chi connectivity index (χ4n) is 5.64. The first-order valence-corrected chi connectivity index (χ1v) is 12.2. The molecule has 156 valence electrons. The third-order valence-corrected chi connectivity index (χ3v) is 9.11. The summed E-state index contributed by atoms with van der Waals surface area (Å²) in [5.41, 5.74) is 0.0263. The van der Waals surface area contributed by atoms with E-state index in [9.17, 15) is 15.2 Å². The van der Waals surface area contributed by atoms with Crippen molar-refractivity contribution in [3.8, 4) is 0 Å². The van der Waals surface area contributed by atoms with Gasteiger partial charge >= 0.3 is 0 Å². The molecule has 0 amide bonds. The van der Waals surface area contributed by atoms with Crippen LogP contribution in [0.4, 0.5) is 5.69 Å². The molecule has 7 heteroatoms. The van der Waals surface area contributed by atoms with E-state index >= 15 is 0 Å². The van der Waals surface area contributed by atoms with Crippen LogP contribution in [0, 0.1) is 22.0 Å². The Morgan fingerprint density at radius 1 is 1.03 bits per heavy atom. The molecule has 3 aromatic rings. The third-order valence-electron chi connectivity index (χ3n) is 7.13. The molecule has 1 N–H and O–H groups in total. The second kappa shape index (κ2) is 7.57. The minimum atomic E-state index is -0.986. The monoisotopic (exact) mass is 441 g/mol. The van der Waals surface area contributed by atoms with Crippen molar-refractivity contribution in [1.29, 1.82) is 0 Å². The zero-order valence-corrected chi connectivity index (χ0v) is 18.3. The molecule has 3 aliphatic heterocycles. The van der Waals surface area contributed by atoms with Crippen LogP contribution in [0.5, 0.6) is 0 Å². The van der Waals surface area contributed by atoms with Crippen LogP contribution in [0.25, 0.3) is 0 Å². The standard InChI is InChI=1S/C23H25N2O3S2/c26-23(21-7-3-13-29-21,22-8-4-14-30-22)19-16-25(11-9-17(19)10-12-25)15-18-5-1-2-6-20(18)24(27)28/h1-8,13-14,17,19,26H,9-12,15-16H2/q+1/t17?,19-,25?/m0/s1. The van der Waals surface area contributed by atoms with E-state index in [1.807, 2.05) is 47.2 Å². The quantitative estimate of drug-likeness (QED) is 0.332. The van der Waals surface area contributed by atoms with Gasteiger partial charge in [0.05, 0.1) is 36.0 Å². The predicted octanol–water partition coefficient (Wildman–Crippen LogP) is 5.01. The molecule has 3 fully saturated rings. The van der Waals surface area contributed by atoms with Crippen LogP contribution in [-0.2, 0) is 12.1 Å². The number of para-hydroxylation sites is 1. The number of piperidine rings is 3. The molecule has 5 nitrogen and oxygen atoms in total. The van der Waals surface area contributed by atoms with Gasteiger partial charge in [-0.2, -0.15) is 0 Å². The van der Waals surface area contributed by atoms with Crippen molar-refractivity contribution in [2.24, 2.45) is 11.8 Å². The van der Waals surface area contributed by atoms with E-state index in [1.54, 1.807) is 34.8 Å². The summed E-state index contributed by atoms with van der Waals surface area (Å²) in [7, 11) is 0. The summed E-state index contributed by atoms with van der Waals surface area (Å²) in [6.45, 7) is 3.56. The highest BCUT2D eigenvalue weighted by atomic mass is 32.1. The van der Waals surface area contributed by atoms with Crippen LogP contribution in [0.15, 0.2) is 59.3 Å². The van der Waals surface area contributed by atoms with Crippen molar-refractivity contribution >= 4 is 28.4 Å². The average molecular weight is 442 g/mol. The minimum Gasteiger partial charge on any atom is -0.378 e. The molecule has 3 saturated heterocycles. The largest absolute Gasteiger partial charge is 0.378 e.